The van der Waals surface area contributed by atoms with Gasteiger partial charge < -0.3 is 19.3 Å². The van der Waals surface area contributed by atoms with Gasteiger partial charge in [-0.3, -0.25) is 4.79 Å². The number of benzene rings is 2. The van der Waals surface area contributed by atoms with Gasteiger partial charge >= 0.3 is 0 Å². The van der Waals surface area contributed by atoms with E-state index in [1.54, 1.807) is 45.6 Å². The smallest absolute Gasteiger partial charge is 0.203 e. The average molecular weight is 370 g/mol. The van der Waals surface area contributed by atoms with Crippen LogP contribution in [0.1, 0.15) is 15.2 Å². The Morgan fingerprint density at radius 2 is 1.69 bits per heavy atom. The van der Waals surface area contributed by atoms with Crippen LogP contribution in [0.15, 0.2) is 48.5 Å². The van der Waals surface area contributed by atoms with Crippen LogP contribution in [0.25, 0.3) is 10.4 Å². The third-order valence-corrected chi connectivity index (χ3v) is 5.03. The van der Waals surface area contributed by atoms with Crippen molar-refractivity contribution in [3.8, 4) is 33.4 Å². The van der Waals surface area contributed by atoms with Crippen LogP contribution >= 0.6 is 11.3 Å². The molecule has 0 aliphatic carbocycles. The Kier molecular flexibility index (Phi) is 5.14. The van der Waals surface area contributed by atoms with Crippen LogP contribution in [0, 0.1) is 0 Å². The van der Waals surface area contributed by atoms with Crippen LogP contribution in [-0.2, 0) is 0 Å². The lowest BCUT2D eigenvalue weighted by atomic mass is 10.1. The standard InChI is InChI=1S/C20H18O5S/c1-23-15-8-7-14(19(24-2)20(15)25-3)16-9-10-17(26-16)18(22)12-5-4-6-13(21)11-12/h4-11,21H,1-3H3. The molecular formula is C20H18O5S. The fourth-order valence-corrected chi connectivity index (χ4v) is 3.68. The van der Waals surface area contributed by atoms with E-state index in [1.807, 2.05) is 12.1 Å². The van der Waals surface area contributed by atoms with Crippen LogP contribution < -0.4 is 14.2 Å². The average Bonchev–Trinajstić information content (AvgIpc) is 3.15. The first kappa shape index (κ1) is 17.8. The maximum atomic E-state index is 12.6. The molecule has 0 atom stereocenters. The SMILES string of the molecule is COc1ccc(-c2ccc(C(=O)c3cccc(O)c3)s2)c(OC)c1OC. The number of phenols is 1. The summed E-state index contributed by atoms with van der Waals surface area (Å²) in [5.41, 5.74) is 1.25. The van der Waals surface area contributed by atoms with E-state index in [0.29, 0.717) is 27.7 Å². The second-order valence-electron chi connectivity index (χ2n) is 5.43. The highest BCUT2D eigenvalue weighted by atomic mass is 32.1. The van der Waals surface area contributed by atoms with Crippen molar-refractivity contribution in [3.05, 3.63) is 59.0 Å². The van der Waals surface area contributed by atoms with Gasteiger partial charge in [-0.2, -0.15) is 0 Å². The number of aromatic hydroxyl groups is 1. The van der Waals surface area contributed by atoms with Crippen molar-refractivity contribution < 1.29 is 24.1 Å². The first-order chi connectivity index (χ1) is 12.6. The highest BCUT2D eigenvalue weighted by Gasteiger charge is 2.20. The zero-order valence-electron chi connectivity index (χ0n) is 14.6. The van der Waals surface area contributed by atoms with Crippen molar-refractivity contribution >= 4 is 17.1 Å². The summed E-state index contributed by atoms with van der Waals surface area (Å²) in [4.78, 5) is 14.1. The number of hydrogen-bond donors (Lipinski definition) is 1. The summed E-state index contributed by atoms with van der Waals surface area (Å²) in [5.74, 6) is 1.54. The van der Waals surface area contributed by atoms with Gasteiger partial charge in [0.25, 0.3) is 0 Å². The van der Waals surface area contributed by atoms with Gasteiger partial charge in [0.1, 0.15) is 5.75 Å². The lowest BCUT2D eigenvalue weighted by Crippen LogP contribution is -1.97. The Morgan fingerprint density at radius 1 is 0.923 bits per heavy atom. The molecule has 2 aromatic carbocycles. The zero-order valence-corrected chi connectivity index (χ0v) is 15.4. The Hall–Kier alpha value is -2.99. The number of ether oxygens (including phenoxy) is 3. The van der Waals surface area contributed by atoms with Crippen molar-refractivity contribution in [3.63, 3.8) is 0 Å². The number of hydrogen-bond acceptors (Lipinski definition) is 6. The van der Waals surface area contributed by atoms with Crippen LogP contribution in [0.2, 0.25) is 0 Å². The van der Waals surface area contributed by atoms with Crippen molar-refractivity contribution in [2.75, 3.05) is 21.3 Å². The Balaban J connectivity index is 2.01. The fourth-order valence-electron chi connectivity index (χ4n) is 2.69. The molecule has 6 heteroatoms. The molecule has 0 saturated carbocycles. The minimum Gasteiger partial charge on any atom is -0.508 e. The minimum absolute atomic E-state index is 0.0641. The number of methoxy groups -OCH3 is 3. The molecule has 1 heterocycles. The molecule has 0 radical (unpaired) electrons. The molecule has 3 aromatic rings. The van der Waals surface area contributed by atoms with E-state index in [1.165, 1.54) is 23.5 Å². The number of rotatable bonds is 6. The molecule has 0 unspecified atom stereocenters. The van der Waals surface area contributed by atoms with E-state index >= 15 is 0 Å². The van der Waals surface area contributed by atoms with Crippen molar-refractivity contribution in [1.29, 1.82) is 0 Å². The molecule has 1 aromatic heterocycles. The molecule has 0 aliphatic heterocycles. The van der Waals surface area contributed by atoms with E-state index in [0.717, 1.165) is 10.4 Å². The Labute approximate surface area is 155 Å². The summed E-state index contributed by atoms with van der Waals surface area (Å²) in [5, 5.41) is 9.58. The first-order valence-electron chi connectivity index (χ1n) is 7.82. The van der Waals surface area contributed by atoms with Gasteiger partial charge in [0.05, 0.1) is 26.2 Å². The van der Waals surface area contributed by atoms with E-state index in [9.17, 15) is 9.90 Å². The highest BCUT2D eigenvalue weighted by Crippen LogP contribution is 2.46. The third-order valence-electron chi connectivity index (χ3n) is 3.91. The van der Waals surface area contributed by atoms with Crippen LogP contribution in [0.5, 0.6) is 23.0 Å². The molecule has 3 rings (SSSR count). The summed E-state index contributed by atoms with van der Waals surface area (Å²) in [6.07, 6.45) is 0. The van der Waals surface area contributed by atoms with E-state index in [2.05, 4.69) is 0 Å². The maximum absolute atomic E-state index is 12.6. The largest absolute Gasteiger partial charge is 0.508 e. The monoisotopic (exact) mass is 370 g/mol. The predicted octanol–water partition coefficient (Wildman–Crippen LogP) is 4.38. The van der Waals surface area contributed by atoms with Gasteiger partial charge in [0.15, 0.2) is 11.5 Å². The molecule has 0 spiro atoms. The van der Waals surface area contributed by atoms with Gasteiger partial charge in [-0.05, 0) is 36.4 Å². The van der Waals surface area contributed by atoms with Gasteiger partial charge in [0.2, 0.25) is 11.5 Å². The van der Waals surface area contributed by atoms with Gasteiger partial charge in [-0.25, -0.2) is 0 Å². The lowest BCUT2D eigenvalue weighted by molar-refractivity contribution is 0.104. The molecule has 1 N–H and O–H groups in total. The molecule has 0 saturated heterocycles. The van der Waals surface area contributed by atoms with Gasteiger partial charge in [-0.1, -0.05) is 12.1 Å². The quantitative estimate of drug-likeness (QED) is 0.653. The van der Waals surface area contributed by atoms with Crippen molar-refractivity contribution in [1.82, 2.24) is 0 Å². The summed E-state index contributed by atoms with van der Waals surface area (Å²) in [7, 11) is 4.68. The van der Waals surface area contributed by atoms with E-state index in [4.69, 9.17) is 14.2 Å². The molecule has 0 bridgehead atoms. The zero-order chi connectivity index (χ0) is 18.7. The predicted molar refractivity (Wildman–Crippen MR) is 101 cm³/mol. The highest BCUT2D eigenvalue weighted by molar-refractivity contribution is 7.17. The molecule has 134 valence electrons. The summed E-state index contributed by atoms with van der Waals surface area (Å²) < 4.78 is 16.2. The Morgan fingerprint density at radius 3 is 2.35 bits per heavy atom. The molecule has 0 amide bonds. The molecular weight excluding hydrogens is 352 g/mol. The summed E-state index contributed by atoms with van der Waals surface area (Å²) in [6.45, 7) is 0. The Bertz CT molecular complexity index is 945. The van der Waals surface area contributed by atoms with Crippen molar-refractivity contribution in [2.24, 2.45) is 0 Å². The van der Waals surface area contributed by atoms with Crippen molar-refractivity contribution in [2.45, 2.75) is 0 Å². The number of carbonyl (C=O) groups is 1. The normalized spacial score (nSPS) is 10.4. The summed E-state index contributed by atoms with van der Waals surface area (Å²) in [6, 6.07) is 13.6. The number of thiophene rings is 1. The molecule has 26 heavy (non-hydrogen) atoms. The number of carbonyl (C=O) groups excluding carboxylic acids is 1. The van der Waals surface area contributed by atoms with E-state index in [-0.39, 0.29) is 11.5 Å². The second-order valence-corrected chi connectivity index (χ2v) is 6.51. The molecule has 0 aliphatic rings. The topological polar surface area (TPSA) is 65.0 Å². The minimum atomic E-state index is -0.142. The summed E-state index contributed by atoms with van der Waals surface area (Å²) >= 11 is 1.35. The van der Waals surface area contributed by atoms with Gasteiger partial charge in [-0.15, -0.1) is 11.3 Å². The third kappa shape index (κ3) is 3.23. The maximum Gasteiger partial charge on any atom is 0.203 e. The van der Waals surface area contributed by atoms with Gasteiger partial charge in [0, 0.05) is 16.0 Å². The van der Waals surface area contributed by atoms with Crippen LogP contribution in [0.4, 0.5) is 0 Å². The molecule has 0 fully saturated rings. The fraction of sp³-hybridized carbons (Fsp3) is 0.150. The second kappa shape index (κ2) is 7.49. The van der Waals surface area contributed by atoms with Crippen LogP contribution in [-0.4, -0.2) is 32.2 Å². The van der Waals surface area contributed by atoms with E-state index < -0.39 is 0 Å². The first-order valence-corrected chi connectivity index (χ1v) is 8.63. The number of phenolic OH excluding ortho intramolecular Hbond substituents is 1. The van der Waals surface area contributed by atoms with Crippen LogP contribution in [0.3, 0.4) is 0 Å². The number of ketones is 1. The molecule has 5 nitrogen and oxygen atoms in total. The lowest BCUT2D eigenvalue weighted by Gasteiger charge is -2.14.